The van der Waals surface area contributed by atoms with Gasteiger partial charge in [-0.25, -0.2) is 9.37 Å². The summed E-state index contributed by atoms with van der Waals surface area (Å²) in [4.78, 5) is 7.76. The van der Waals surface area contributed by atoms with E-state index in [1.54, 1.807) is 6.07 Å². The summed E-state index contributed by atoms with van der Waals surface area (Å²) in [6.45, 7) is 0. The molecule has 0 amide bonds. The van der Waals surface area contributed by atoms with Crippen LogP contribution in [-0.4, -0.2) is 17.1 Å². The summed E-state index contributed by atoms with van der Waals surface area (Å²) in [6, 6.07) is 4.17. The predicted octanol–water partition coefficient (Wildman–Crippen LogP) is 1.36. The number of hydrogen-bond donors (Lipinski definition) is 1. The summed E-state index contributed by atoms with van der Waals surface area (Å²) in [6.07, 6.45) is 0. The Labute approximate surface area is 79.5 Å². The highest BCUT2D eigenvalue weighted by molar-refractivity contribution is 5.84. The number of benzene rings is 1. The van der Waals surface area contributed by atoms with Crippen molar-refractivity contribution in [3.63, 3.8) is 0 Å². The molecule has 0 saturated heterocycles. The molecule has 72 valence electrons. The largest absolute Gasteiger partial charge is 0.480 e. The van der Waals surface area contributed by atoms with Crippen molar-refractivity contribution in [2.24, 2.45) is 0 Å². The van der Waals surface area contributed by atoms with E-state index in [1.807, 2.05) is 0 Å². The van der Waals surface area contributed by atoms with Gasteiger partial charge in [0.05, 0.1) is 18.0 Å². The maximum Gasteiger partial charge on any atom is 0.225 e. The average Bonchev–Trinajstić information content (AvgIpc) is 2.15. The molecule has 2 aromatic rings. The lowest BCUT2D eigenvalue weighted by molar-refractivity contribution is 0.403. The third-order valence-electron chi connectivity index (χ3n) is 1.83. The number of nitrogen functional groups attached to an aromatic ring is 1. The van der Waals surface area contributed by atoms with E-state index in [0.29, 0.717) is 16.8 Å². The minimum atomic E-state index is -0.363. The van der Waals surface area contributed by atoms with Crippen LogP contribution in [-0.2, 0) is 0 Å². The zero-order valence-electron chi connectivity index (χ0n) is 7.49. The van der Waals surface area contributed by atoms with Crippen LogP contribution in [0.2, 0.25) is 0 Å². The minimum Gasteiger partial charge on any atom is -0.480 e. The molecule has 2 N–H and O–H groups in total. The van der Waals surface area contributed by atoms with Gasteiger partial charge in [-0.1, -0.05) is 0 Å². The van der Waals surface area contributed by atoms with Crippen LogP contribution in [0.1, 0.15) is 0 Å². The van der Waals surface area contributed by atoms with E-state index in [4.69, 9.17) is 10.5 Å². The highest BCUT2D eigenvalue weighted by atomic mass is 19.1. The Morgan fingerprint density at radius 2 is 2.14 bits per heavy atom. The molecule has 5 heteroatoms. The first kappa shape index (κ1) is 8.68. The fourth-order valence-corrected chi connectivity index (χ4v) is 1.25. The van der Waals surface area contributed by atoms with Crippen LogP contribution in [0, 0.1) is 5.82 Å². The SMILES string of the molecule is COc1nc(N)nc2cc(F)ccc12. The van der Waals surface area contributed by atoms with Gasteiger partial charge in [0.1, 0.15) is 5.82 Å². The van der Waals surface area contributed by atoms with Gasteiger partial charge >= 0.3 is 0 Å². The monoisotopic (exact) mass is 193 g/mol. The van der Waals surface area contributed by atoms with E-state index in [0.717, 1.165) is 0 Å². The van der Waals surface area contributed by atoms with Gasteiger partial charge in [-0.3, -0.25) is 0 Å². The van der Waals surface area contributed by atoms with Gasteiger partial charge in [-0.05, 0) is 12.1 Å². The second kappa shape index (κ2) is 3.10. The standard InChI is InChI=1S/C9H8FN3O/c1-14-8-6-3-2-5(10)4-7(6)12-9(11)13-8/h2-4H,1H3,(H2,11,12,13). The molecule has 0 aliphatic heterocycles. The molecule has 0 spiro atoms. The summed E-state index contributed by atoms with van der Waals surface area (Å²) in [5.74, 6) is 0.0603. The summed E-state index contributed by atoms with van der Waals surface area (Å²) in [5, 5.41) is 0.642. The Morgan fingerprint density at radius 1 is 1.36 bits per heavy atom. The second-order valence-electron chi connectivity index (χ2n) is 2.75. The number of anilines is 1. The maximum atomic E-state index is 12.9. The summed E-state index contributed by atoms with van der Waals surface area (Å²) in [7, 11) is 1.48. The van der Waals surface area contributed by atoms with Gasteiger partial charge in [0.15, 0.2) is 0 Å². The first-order valence-electron chi connectivity index (χ1n) is 3.97. The number of ether oxygens (including phenoxy) is 1. The molecule has 14 heavy (non-hydrogen) atoms. The second-order valence-corrected chi connectivity index (χ2v) is 2.75. The number of methoxy groups -OCH3 is 1. The summed E-state index contributed by atoms with van der Waals surface area (Å²) >= 11 is 0. The Balaban J connectivity index is 2.81. The molecule has 0 atom stereocenters. The fraction of sp³-hybridized carbons (Fsp3) is 0.111. The van der Waals surface area contributed by atoms with Crippen molar-refractivity contribution in [3.8, 4) is 5.88 Å². The molecule has 0 radical (unpaired) electrons. The van der Waals surface area contributed by atoms with Gasteiger partial charge in [-0.2, -0.15) is 4.98 Å². The van der Waals surface area contributed by atoms with E-state index in [9.17, 15) is 4.39 Å². The van der Waals surface area contributed by atoms with Gasteiger partial charge in [-0.15, -0.1) is 0 Å². The zero-order valence-corrected chi connectivity index (χ0v) is 7.49. The van der Waals surface area contributed by atoms with Crippen LogP contribution in [0.25, 0.3) is 10.9 Å². The molecule has 0 bridgehead atoms. The lowest BCUT2D eigenvalue weighted by Gasteiger charge is -2.04. The van der Waals surface area contributed by atoms with E-state index in [-0.39, 0.29) is 11.8 Å². The van der Waals surface area contributed by atoms with Crippen LogP contribution in [0.5, 0.6) is 5.88 Å². The van der Waals surface area contributed by atoms with Crippen LogP contribution >= 0.6 is 0 Å². The van der Waals surface area contributed by atoms with E-state index in [2.05, 4.69) is 9.97 Å². The molecule has 0 fully saturated rings. The first-order chi connectivity index (χ1) is 6.70. The number of nitrogens with two attached hydrogens (primary N) is 1. The molecule has 0 saturated carbocycles. The summed E-state index contributed by atoms with van der Waals surface area (Å²) < 4.78 is 17.9. The highest BCUT2D eigenvalue weighted by Gasteiger charge is 2.06. The average molecular weight is 193 g/mol. The third-order valence-corrected chi connectivity index (χ3v) is 1.83. The van der Waals surface area contributed by atoms with Gasteiger partial charge in [0.2, 0.25) is 11.8 Å². The normalized spacial score (nSPS) is 10.4. The highest BCUT2D eigenvalue weighted by Crippen LogP contribution is 2.23. The molecule has 2 rings (SSSR count). The topological polar surface area (TPSA) is 61.0 Å². The molecule has 1 aromatic carbocycles. The summed E-state index contributed by atoms with van der Waals surface area (Å²) in [5.41, 5.74) is 5.86. The smallest absolute Gasteiger partial charge is 0.225 e. The van der Waals surface area contributed by atoms with Crippen molar-refractivity contribution in [3.05, 3.63) is 24.0 Å². The lowest BCUT2D eigenvalue weighted by Crippen LogP contribution is -1.98. The van der Waals surface area contributed by atoms with Crippen molar-refractivity contribution in [1.82, 2.24) is 9.97 Å². The van der Waals surface area contributed by atoms with Gasteiger partial charge in [0.25, 0.3) is 0 Å². The van der Waals surface area contributed by atoms with Crippen molar-refractivity contribution in [2.45, 2.75) is 0 Å². The molecule has 0 unspecified atom stereocenters. The Kier molecular flexibility index (Phi) is 1.92. The van der Waals surface area contributed by atoms with E-state index in [1.165, 1.54) is 19.2 Å². The number of fused-ring (bicyclic) bond motifs is 1. The lowest BCUT2D eigenvalue weighted by atomic mass is 10.2. The molecule has 0 aliphatic rings. The Hall–Kier alpha value is -1.91. The quantitative estimate of drug-likeness (QED) is 0.742. The molecule has 0 aliphatic carbocycles. The molecular formula is C9H8FN3O. The molecule has 1 heterocycles. The Morgan fingerprint density at radius 3 is 2.86 bits per heavy atom. The number of halogens is 1. The van der Waals surface area contributed by atoms with Crippen LogP contribution in [0.3, 0.4) is 0 Å². The van der Waals surface area contributed by atoms with Gasteiger partial charge < -0.3 is 10.5 Å². The maximum absolute atomic E-state index is 12.9. The molecular weight excluding hydrogens is 185 g/mol. The van der Waals surface area contributed by atoms with Crippen molar-refractivity contribution in [2.75, 3.05) is 12.8 Å². The van der Waals surface area contributed by atoms with Crippen molar-refractivity contribution >= 4 is 16.9 Å². The number of aromatic nitrogens is 2. The minimum absolute atomic E-state index is 0.0694. The van der Waals surface area contributed by atoms with Crippen LogP contribution in [0.4, 0.5) is 10.3 Å². The number of nitrogens with zero attached hydrogens (tertiary/aromatic N) is 2. The fourth-order valence-electron chi connectivity index (χ4n) is 1.25. The first-order valence-corrected chi connectivity index (χ1v) is 3.97. The van der Waals surface area contributed by atoms with Crippen LogP contribution < -0.4 is 10.5 Å². The predicted molar refractivity (Wildman–Crippen MR) is 50.5 cm³/mol. The van der Waals surface area contributed by atoms with Crippen molar-refractivity contribution < 1.29 is 9.13 Å². The van der Waals surface area contributed by atoms with Crippen molar-refractivity contribution in [1.29, 1.82) is 0 Å². The molecule has 4 nitrogen and oxygen atoms in total. The van der Waals surface area contributed by atoms with Gasteiger partial charge in [0, 0.05) is 6.07 Å². The van der Waals surface area contributed by atoms with Crippen LogP contribution in [0.15, 0.2) is 18.2 Å². The Bertz CT molecular complexity index is 481. The molecule has 1 aromatic heterocycles. The number of hydrogen-bond acceptors (Lipinski definition) is 4. The number of rotatable bonds is 1. The van der Waals surface area contributed by atoms with E-state index < -0.39 is 0 Å². The zero-order chi connectivity index (χ0) is 10.1. The third kappa shape index (κ3) is 1.32. The van der Waals surface area contributed by atoms with E-state index >= 15 is 0 Å².